The van der Waals surface area contributed by atoms with Crippen molar-refractivity contribution in [1.82, 2.24) is 10.4 Å². The largest absolute Gasteiger partial charge is 0.497 e. The second kappa shape index (κ2) is 8.62. The highest BCUT2D eigenvalue weighted by Gasteiger charge is 2.30. The van der Waals surface area contributed by atoms with Crippen LogP contribution in [0.5, 0.6) is 5.75 Å². The fourth-order valence-electron chi connectivity index (χ4n) is 3.03. The second-order valence-electron chi connectivity index (χ2n) is 6.69. The molecular weight excluding hydrogens is 397 g/mol. The summed E-state index contributed by atoms with van der Waals surface area (Å²) in [7, 11) is 1.57. The number of nitrogens with one attached hydrogen (secondary N) is 1. The Hall–Kier alpha value is -4.26. The molecule has 1 N–H and O–H groups in total. The standard InChI is InChI=1S/C24H18FN3O3/c1-31-20-13-7-16(8-14-20)15-21-23(29)27-28(22(26-21)17-5-3-2-4-6-17)24(30)18-9-11-19(25)12-10-18/h2-15H,1H3,(H,27,29)/b21-15+. The lowest BCUT2D eigenvalue weighted by Crippen LogP contribution is -2.53. The van der Waals surface area contributed by atoms with E-state index in [-0.39, 0.29) is 17.1 Å². The van der Waals surface area contributed by atoms with Crippen LogP contribution < -0.4 is 10.2 Å². The number of hydrogen-bond acceptors (Lipinski definition) is 4. The van der Waals surface area contributed by atoms with E-state index in [1.807, 2.05) is 18.2 Å². The average molecular weight is 415 g/mol. The molecule has 0 radical (unpaired) electrons. The fraction of sp³-hybridized carbons (Fsp3) is 0.0417. The molecule has 0 aromatic heterocycles. The zero-order valence-corrected chi connectivity index (χ0v) is 16.6. The number of amides is 2. The van der Waals surface area contributed by atoms with Gasteiger partial charge in [-0.3, -0.25) is 15.0 Å². The summed E-state index contributed by atoms with van der Waals surface area (Å²) >= 11 is 0. The zero-order chi connectivity index (χ0) is 21.8. The molecule has 0 saturated carbocycles. The monoisotopic (exact) mass is 415 g/mol. The number of hydrazine groups is 1. The van der Waals surface area contributed by atoms with Crippen molar-refractivity contribution in [1.29, 1.82) is 0 Å². The number of amidine groups is 1. The molecule has 3 aromatic rings. The average Bonchev–Trinajstić information content (AvgIpc) is 2.81. The Kier molecular flexibility index (Phi) is 5.57. The summed E-state index contributed by atoms with van der Waals surface area (Å²) in [4.78, 5) is 30.3. The number of aliphatic imine (C=N–C) groups is 1. The third kappa shape index (κ3) is 4.35. The highest BCUT2D eigenvalue weighted by Crippen LogP contribution is 2.20. The number of ether oxygens (including phenoxy) is 1. The highest BCUT2D eigenvalue weighted by atomic mass is 19.1. The van der Waals surface area contributed by atoms with E-state index < -0.39 is 17.6 Å². The van der Waals surface area contributed by atoms with Gasteiger partial charge in [0.05, 0.1) is 7.11 Å². The topological polar surface area (TPSA) is 71.0 Å². The second-order valence-corrected chi connectivity index (χ2v) is 6.69. The van der Waals surface area contributed by atoms with Crippen molar-refractivity contribution in [2.24, 2.45) is 4.99 Å². The lowest BCUT2D eigenvalue weighted by Gasteiger charge is -2.28. The minimum absolute atomic E-state index is 0.146. The minimum Gasteiger partial charge on any atom is -0.497 e. The van der Waals surface area contributed by atoms with Gasteiger partial charge in [-0.1, -0.05) is 42.5 Å². The Morgan fingerprint density at radius 2 is 1.68 bits per heavy atom. The third-order valence-corrected chi connectivity index (χ3v) is 4.63. The number of halogens is 1. The van der Waals surface area contributed by atoms with E-state index in [1.54, 1.807) is 49.6 Å². The van der Waals surface area contributed by atoms with Crippen LogP contribution in [0.3, 0.4) is 0 Å². The van der Waals surface area contributed by atoms with Gasteiger partial charge in [0.25, 0.3) is 11.8 Å². The zero-order valence-electron chi connectivity index (χ0n) is 16.6. The lowest BCUT2D eigenvalue weighted by molar-refractivity contribution is -0.120. The molecule has 3 aromatic carbocycles. The molecule has 1 aliphatic heterocycles. The van der Waals surface area contributed by atoms with Crippen molar-refractivity contribution < 1.29 is 18.7 Å². The molecule has 0 bridgehead atoms. The smallest absolute Gasteiger partial charge is 0.288 e. The maximum Gasteiger partial charge on any atom is 0.288 e. The van der Waals surface area contributed by atoms with E-state index in [0.717, 1.165) is 10.6 Å². The summed E-state index contributed by atoms with van der Waals surface area (Å²) in [6, 6.07) is 21.3. The molecule has 0 atom stereocenters. The first-order valence-corrected chi connectivity index (χ1v) is 9.46. The number of benzene rings is 3. The summed E-state index contributed by atoms with van der Waals surface area (Å²) < 4.78 is 18.4. The normalized spacial score (nSPS) is 14.8. The molecule has 0 aliphatic carbocycles. The molecular formula is C24H18FN3O3. The molecule has 31 heavy (non-hydrogen) atoms. The van der Waals surface area contributed by atoms with E-state index in [1.165, 1.54) is 24.3 Å². The van der Waals surface area contributed by atoms with Gasteiger partial charge in [-0.25, -0.2) is 9.38 Å². The predicted molar refractivity (Wildman–Crippen MR) is 115 cm³/mol. The van der Waals surface area contributed by atoms with Crippen LogP contribution >= 0.6 is 0 Å². The molecule has 1 aliphatic rings. The van der Waals surface area contributed by atoms with Crippen molar-refractivity contribution in [3.63, 3.8) is 0 Å². The van der Waals surface area contributed by atoms with Crippen molar-refractivity contribution >= 4 is 23.7 Å². The van der Waals surface area contributed by atoms with Gasteiger partial charge in [-0.15, -0.1) is 0 Å². The van der Waals surface area contributed by atoms with Gasteiger partial charge in [0, 0.05) is 11.1 Å². The van der Waals surface area contributed by atoms with Gasteiger partial charge in [-0.2, -0.15) is 5.01 Å². The third-order valence-electron chi connectivity index (χ3n) is 4.63. The van der Waals surface area contributed by atoms with Crippen LogP contribution in [0.15, 0.2) is 89.6 Å². The van der Waals surface area contributed by atoms with Gasteiger partial charge >= 0.3 is 0 Å². The van der Waals surface area contributed by atoms with Crippen LogP contribution in [0.2, 0.25) is 0 Å². The van der Waals surface area contributed by atoms with Gasteiger partial charge < -0.3 is 4.74 Å². The fourth-order valence-corrected chi connectivity index (χ4v) is 3.03. The maximum absolute atomic E-state index is 13.3. The number of carbonyl (C=O) groups excluding carboxylic acids is 2. The van der Waals surface area contributed by atoms with Crippen LogP contribution in [0.4, 0.5) is 4.39 Å². The first-order chi connectivity index (χ1) is 15.0. The SMILES string of the molecule is COc1ccc(/C=C2/N=C(c3ccccc3)N(C(=O)c3ccc(F)cc3)NC2=O)cc1. The molecule has 154 valence electrons. The van der Waals surface area contributed by atoms with Crippen molar-refractivity contribution in [3.05, 3.63) is 107 Å². The van der Waals surface area contributed by atoms with Crippen molar-refractivity contribution in [2.45, 2.75) is 0 Å². The number of rotatable bonds is 4. The van der Waals surface area contributed by atoms with Crippen LogP contribution in [0.25, 0.3) is 6.08 Å². The summed E-state index contributed by atoms with van der Waals surface area (Å²) in [6.45, 7) is 0. The van der Waals surface area contributed by atoms with E-state index in [4.69, 9.17) is 4.74 Å². The van der Waals surface area contributed by atoms with E-state index in [0.29, 0.717) is 11.3 Å². The number of carbonyl (C=O) groups is 2. The van der Waals surface area contributed by atoms with Crippen molar-refractivity contribution in [2.75, 3.05) is 7.11 Å². The van der Waals surface area contributed by atoms with E-state index in [9.17, 15) is 14.0 Å². The van der Waals surface area contributed by atoms with Crippen LogP contribution in [-0.2, 0) is 4.79 Å². The van der Waals surface area contributed by atoms with Crippen molar-refractivity contribution in [3.8, 4) is 5.75 Å². The first kappa shape index (κ1) is 20.0. The molecule has 6 nitrogen and oxygen atoms in total. The number of nitrogens with zero attached hydrogens (tertiary/aromatic N) is 2. The molecule has 4 rings (SSSR count). The first-order valence-electron chi connectivity index (χ1n) is 9.46. The molecule has 1 heterocycles. The molecule has 0 spiro atoms. The van der Waals surface area contributed by atoms with Crippen LogP contribution in [0.1, 0.15) is 21.5 Å². The predicted octanol–water partition coefficient (Wildman–Crippen LogP) is 3.81. The molecule has 0 fully saturated rings. The van der Waals surface area contributed by atoms with Crippen LogP contribution in [0, 0.1) is 5.82 Å². The van der Waals surface area contributed by atoms with Gasteiger partial charge in [0.1, 0.15) is 17.3 Å². The molecule has 0 saturated heterocycles. The summed E-state index contributed by atoms with van der Waals surface area (Å²) in [6.07, 6.45) is 1.62. The molecule has 0 unspecified atom stereocenters. The minimum atomic E-state index is -0.536. The van der Waals surface area contributed by atoms with Gasteiger partial charge in [-0.05, 0) is 48.0 Å². The Bertz CT molecular complexity index is 1170. The molecule has 7 heteroatoms. The quantitative estimate of drug-likeness (QED) is 0.659. The summed E-state index contributed by atoms with van der Waals surface area (Å²) in [5.74, 6) is -0.569. The Morgan fingerprint density at radius 1 is 1.00 bits per heavy atom. The maximum atomic E-state index is 13.3. The van der Waals surface area contributed by atoms with Gasteiger partial charge in [0.2, 0.25) is 0 Å². The number of hydrogen-bond donors (Lipinski definition) is 1. The van der Waals surface area contributed by atoms with Gasteiger partial charge in [0.15, 0.2) is 5.84 Å². The lowest BCUT2D eigenvalue weighted by atomic mass is 10.1. The summed E-state index contributed by atoms with van der Waals surface area (Å²) in [5, 5.41) is 1.08. The van der Waals surface area contributed by atoms with E-state index in [2.05, 4.69) is 10.4 Å². The van der Waals surface area contributed by atoms with Crippen LogP contribution in [-0.4, -0.2) is 29.8 Å². The summed E-state index contributed by atoms with van der Waals surface area (Å²) in [5.41, 5.74) is 4.35. The highest BCUT2D eigenvalue weighted by molar-refractivity contribution is 6.18. The Balaban J connectivity index is 1.75. The Morgan fingerprint density at radius 3 is 2.32 bits per heavy atom. The number of methoxy groups -OCH3 is 1. The molecule has 2 amide bonds. The van der Waals surface area contributed by atoms with E-state index >= 15 is 0 Å². The Labute approximate surface area is 178 Å².